The summed E-state index contributed by atoms with van der Waals surface area (Å²) in [5.41, 5.74) is 5.95. The molecule has 2 bridgehead atoms. The smallest absolute Gasteiger partial charge is 0.135 e. The number of aromatic nitrogens is 3. The van der Waals surface area contributed by atoms with Gasteiger partial charge in [0.05, 0.1) is 0 Å². The van der Waals surface area contributed by atoms with Crippen molar-refractivity contribution in [2.45, 2.75) is 89.9 Å². The van der Waals surface area contributed by atoms with Gasteiger partial charge in [0.2, 0.25) is 0 Å². The van der Waals surface area contributed by atoms with Crippen LogP contribution < -0.4 is 5.73 Å². The van der Waals surface area contributed by atoms with Crippen LogP contribution in [0.25, 0.3) is 0 Å². The Kier molecular flexibility index (Phi) is 4.55. The number of nitrogens with two attached hydrogens (primary N) is 1. The molecule has 22 heavy (non-hydrogen) atoms. The van der Waals surface area contributed by atoms with Crippen molar-refractivity contribution in [2.24, 2.45) is 5.73 Å². The summed E-state index contributed by atoms with van der Waals surface area (Å²) in [5.74, 6) is 2.68. The Balaban J connectivity index is 1.74. The second-order valence-electron chi connectivity index (χ2n) is 7.64. The molecule has 0 amide bonds. The zero-order valence-corrected chi connectivity index (χ0v) is 14.5. The fraction of sp³-hybridized carbons (Fsp3) is 0.882. The van der Waals surface area contributed by atoms with Crippen LogP contribution in [0.2, 0.25) is 0 Å². The van der Waals surface area contributed by atoms with E-state index < -0.39 is 0 Å². The maximum absolute atomic E-state index is 5.95. The number of fused-ring (bicyclic) bond motifs is 2. The molecule has 1 aromatic heterocycles. The molecule has 124 valence electrons. The molecule has 3 heterocycles. The first-order valence-electron chi connectivity index (χ1n) is 8.90. The zero-order valence-electron chi connectivity index (χ0n) is 14.5. The molecular weight excluding hydrogens is 274 g/mol. The SMILES string of the molecule is Cc1nnc(C(C)C)n1C1CC2CCC(C1)N2CCC(C)N. The zero-order chi connectivity index (χ0) is 15.9. The lowest BCUT2D eigenvalue weighted by molar-refractivity contribution is 0.102. The normalized spacial score (nSPS) is 30.2. The third-order valence-electron chi connectivity index (χ3n) is 5.48. The van der Waals surface area contributed by atoms with E-state index in [1.165, 1.54) is 25.7 Å². The molecule has 2 fully saturated rings. The highest BCUT2D eigenvalue weighted by atomic mass is 15.3. The van der Waals surface area contributed by atoms with Crippen LogP contribution in [0.4, 0.5) is 0 Å². The van der Waals surface area contributed by atoms with E-state index in [-0.39, 0.29) is 0 Å². The first kappa shape index (κ1) is 15.9. The predicted molar refractivity (Wildman–Crippen MR) is 88.9 cm³/mol. The molecule has 0 aliphatic carbocycles. The van der Waals surface area contributed by atoms with Gasteiger partial charge in [0, 0.05) is 36.6 Å². The van der Waals surface area contributed by atoms with Crippen molar-refractivity contribution in [2.75, 3.05) is 6.54 Å². The Bertz CT molecular complexity index is 493. The van der Waals surface area contributed by atoms with Gasteiger partial charge < -0.3 is 10.3 Å². The first-order chi connectivity index (χ1) is 10.5. The minimum absolute atomic E-state index is 0.310. The summed E-state index contributed by atoms with van der Waals surface area (Å²) in [6.07, 6.45) is 6.29. The van der Waals surface area contributed by atoms with Crippen LogP contribution >= 0.6 is 0 Å². The van der Waals surface area contributed by atoms with Crippen LogP contribution in [0.15, 0.2) is 0 Å². The van der Waals surface area contributed by atoms with Gasteiger partial charge in [-0.25, -0.2) is 0 Å². The summed E-state index contributed by atoms with van der Waals surface area (Å²) in [6, 6.07) is 2.34. The third-order valence-corrected chi connectivity index (χ3v) is 5.48. The van der Waals surface area contributed by atoms with Gasteiger partial charge in [0.1, 0.15) is 11.6 Å². The molecule has 1 aromatic rings. The summed E-state index contributed by atoms with van der Waals surface area (Å²) >= 11 is 0. The lowest BCUT2D eigenvalue weighted by Crippen LogP contribution is -2.45. The Morgan fingerprint density at radius 1 is 1.09 bits per heavy atom. The van der Waals surface area contributed by atoms with Gasteiger partial charge in [-0.15, -0.1) is 10.2 Å². The van der Waals surface area contributed by atoms with Gasteiger partial charge in [-0.1, -0.05) is 13.8 Å². The molecule has 2 aliphatic heterocycles. The minimum atomic E-state index is 0.310. The van der Waals surface area contributed by atoms with Crippen LogP contribution in [-0.4, -0.2) is 44.3 Å². The van der Waals surface area contributed by atoms with E-state index in [9.17, 15) is 0 Å². The second-order valence-corrected chi connectivity index (χ2v) is 7.64. The molecule has 2 saturated heterocycles. The maximum atomic E-state index is 5.95. The molecule has 5 heteroatoms. The average Bonchev–Trinajstić information content (AvgIpc) is 2.94. The Morgan fingerprint density at radius 3 is 2.27 bits per heavy atom. The number of hydrogen-bond donors (Lipinski definition) is 1. The van der Waals surface area contributed by atoms with Gasteiger partial charge in [-0.2, -0.15) is 0 Å². The van der Waals surface area contributed by atoms with Crippen molar-refractivity contribution < 1.29 is 0 Å². The van der Waals surface area contributed by atoms with E-state index in [4.69, 9.17) is 5.73 Å². The standard InChI is InChI=1S/C17H31N5/c1-11(2)17-20-19-13(4)22(17)16-9-14-5-6-15(10-16)21(14)8-7-12(3)18/h11-12,14-16H,5-10,18H2,1-4H3. The molecule has 2 N–H and O–H groups in total. The fourth-order valence-corrected chi connectivity index (χ4v) is 4.40. The summed E-state index contributed by atoms with van der Waals surface area (Å²) < 4.78 is 2.43. The lowest BCUT2D eigenvalue weighted by atomic mass is 9.95. The first-order valence-corrected chi connectivity index (χ1v) is 8.90. The van der Waals surface area contributed by atoms with Gasteiger partial charge in [-0.3, -0.25) is 4.90 Å². The van der Waals surface area contributed by atoms with Crippen LogP contribution in [0.5, 0.6) is 0 Å². The second kappa shape index (κ2) is 6.28. The Morgan fingerprint density at radius 2 is 1.73 bits per heavy atom. The van der Waals surface area contributed by atoms with E-state index in [0.29, 0.717) is 18.0 Å². The molecule has 2 aliphatic rings. The quantitative estimate of drug-likeness (QED) is 0.908. The van der Waals surface area contributed by atoms with Crippen molar-refractivity contribution in [1.29, 1.82) is 0 Å². The highest BCUT2D eigenvalue weighted by Crippen LogP contribution is 2.42. The third kappa shape index (κ3) is 2.93. The molecule has 0 spiro atoms. The van der Waals surface area contributed by atoms with E-state index in [1.54, 1.807) is 0 Å². The van der Waals surface area contributed by atoms with Crippen molar-refractivity contribution in [1.82, 2.24) is 19.7 Å². The van der Waals surface area contributed by atoms with E-state index >= 15 is 0 Å². The largest absolute Gasteiger partial charge is 0.328 e. The summed E-state index contributed by atoms with van der Waals surface area (Å²) in [5, 5.41) is 8.77. The molecule has 3 unspecified atom stereocenters. The number of rotatable bonds is 5. The number of nitrogens with zero attached hydrogens (tertiary/aromatic N) is 4. The topological polar surface area (TPSA) is 60.0 Å². The van der Waals surface area contributed by atoms with E-state index in [2.05, 4.69) is 47.4 Å². The summed E-state index contributed by atoms with van der Waals surface area (Å²) in [6.45, 7) is 9.81. The van der Waals surface area contributed by atoms with Crippen molar-refractivity contribution >= 4 is 0 Å². The van der Waals surface area contributed by atoms with Crippen LogP contribution in [-0.2, 0) is 0 Å². The van der Waals surface area contributed by atoms with Crippen molar-refractivity contribution in [3.63, 3.8) is 0 Å². The number of aryl methyl sites for hydroxylation is 1. The van der Waals surface area contributed by atoms with Gasteiger partial charge in [0.25, 0.3) is 0 Å². The maximum Gasteiger partial charge on any atom is 0.135 e. The van der Waals surface area contributed by atoms with Crippen molar-refractivity contribution in [3.8, 4) is 0 Å². The van der Waals surface area contributed by atoms with E-state index in [1.807, 2.05) is 0 Å². The monoisotopic (exact) mass is 305 g/mol. The van der Waals surface area contributed by atoms with Gasteiger partial charge in [0.15, 0.2) is 0 Å². The molecule has 0 radical (unpaired) electrons. The van der Waals surface area contributed by atoms with Crippen molar-refractivity contribution in [3.05, 3.63) is 11.6 Å². The molecule has 3 rings (SSSR count). The van der Waals surface area contributed by atoms with Crippen LogP contribution in [0.1, 0.15) is 76.5 Å². The lowest BCUT2D eigenvalue weighted by Gasteiger charge is -2.40. The summed E-state index contributed by atoms with van der Waals surface area (Å²) in [7, 11) is 0. The fourth-order valence-electron chi connectivity index (χ4n) is 4.40. The average molecular weight is 305 g/mol. The minimum Gasteiger partial charge on any atom is -0.328 e. The molecular formula is C17H31N5. The molecule has 5 nitrogen and oxygen atoms in total. The number of piperidine rings is 1. The molecule has 3 atom stereocenters. The Hall–Kier alpha value is -0.940. The highest BCUT2D eigenvalue weighted by molar-refractivity contribution is 5.06. The predicted octanol–water partition coefficient (Wildman–Crippen LogP) is 2.62. The highest BCUT2D eigenvalue weighted by Gasteiger charge is 2.41. The number of hydrogen-bond acceptors (Lipinski definition) is 4. The Labute approximate surface area is 134 Å². The van der Waals surface area contributed by atoms with Gasteiger partial charge in [-0.05, 0) is 46.0 Å². The van der Waals surface area contributed by atoms with Gasteiger partial charge >= 0.3 is 0 Å². The van der Waals surface area contributed by atoms with E-state index in [0.717, 1.165) is 36.7 Å². The summed E-state index contributed by atoms with van der Waals surface area (Å²) in [4.78, 5) is 2.73. The van der Waals surface area contributed by atoms with Crippen LogP contribution in [0, 0.1) is 6.92 Å². The molecule has 0 aromatic carbocycles. The molecule has 0 saturated carbocycles. The van der Waals surface area contributed by atoms with Crippen LogP contribution in [0.3, 0.4) is 0 Å².